The number of carbonyl (C=O) groups is 1. The minimum atomic E-state index is 0.151. The predicted molar refractivity (Wildman–Crippen MR) is 87.4 cm³/mol. The minimum absolute atomic E-state index is 0.151. The maximum absolute atomic E-state index is 12.5. The summed E-state index contributed by atoms with van der Waals surface area (Å²) in [6.45, 7) is 0. The van der Waals surface area contributed by atoms with Crippen LogP contribution in [0.15, 0.2) is 57.9 Å². The maximum Gasteiger partial charge on any atom is 0.167 e. The van der Waals surface area contributed by atoms with E-state index >= 15 is 0 Å². The summed E-state index contributed by atoms with van der Waals surface area (Å²) in [6, 6.07) is 16.3. The van der Waals surface area contributed by atoms with Gasteiger partial charge in [-0.3, -0.25) is 4.79 Å². The van der Waals surface area contributed by atoms with Gasteiger partial charge >= 0.3 is 0 Å². The van der Waals surface area contributed by atoms with Crippen LogP contribution in [0, 0.1) is 5.92 Å². The molecular weight excluding hydrogens is 332 g/mol. The molecule has 1 atom stereocenters. The fourth-order valence-corrected chi connectivity index (χ4v) is 3.85. The molecular formula is C17H15BrOS. The number of rotatable bonds is 3. The van der Waals surface area contributed by atoms with Gasteiger partial charge in [-0.1, -0.05) is 40.2 Å². The average Bonchev–Trinajstić information content (AvgIpc) is 2.49. The lowest BCUT2D eigenvalue weighted by atomic mass is 9.84. The first-order valence-electron chi connectivity index (χ1n) is 6.74. The number of thioether (sulfide) groups is 1. The van der Waals surface area contributed by atoms with Crippen molar-refractivity contribution in [1.29, 1.82) is 0 Å². The lowest BCUT2D eigenvalue weighted by Crippen LogP contribution is -2.24. The SMILES string of the molecule is O=C1c2ccccc2CC[C@H]1CSc1ccc(Br)cc1. The molecule has 0 fully saturated rings. The number of ketones is 1. The first kappa shape index (κ1) is 13.9. The second-order valence-electron chi connectivity index (χ2n) is 5.02. The smallest absolute Gasteiger partial charge is 0.167 e. The van der Waals surface area contributed by atoms with Gasteiger partial charge in [-0.15, -0.1) is 11.8 Å². The fraction of sp³-hybridized carbons (Fsp3) is 0.235. The molecule has 0 N–H and O–H groups in total. The predicted octanol–water partition coefficient (Wildman–Crippen LogP) is 4.99. The Labute approximate surface area is 131 Å². The molecule has 0 saturated carbocycles. The van der Waals surface area contributed by atoms with Crippen molar-refractivity contribution in [1.82, 2.24) is 0 Å². The van der Waals surface area contributed by atoms with E-state index in [1.54, 1.807) is 11.8 Å². The second-order valence-corrected chi connectivity index (χ2v) is 7.03. The van der Waals surface area contributed by atoms with Crippen LogP contribution in [-0.4, -0.2) is 11.5 Å². The van der Waals surface area contributed by atoms with E-state index in [1.807, 2.05) is 30.3 Å². The molecule has 0 aliphatic heterocycles. The second kappa shape index (κ2) is 6.15. The highest BCUT2D eigenvalue weighted by Crippen LogP contribution is 2.30. The van der Waals surface area contributed by atoms with Crippen LogP contribution in [-0.2, 0) is 6.42 Å². The molecule has 0 amide bonds. The van der Waals surface area contributed by atoms with Crippen molar-refractivity contribution in [3.63, 3.8) is 0 Å². The molecule has 1 aliphatic carbocycles. The van der Waals surface area contributed by atoms with Crippen LogP contribution in [0.25, 0.3) is 0 Å². The van der Waals surface area contributed by atoms with Crippen molar-refractivity contribution >= 4 is 33.5 Å². The third-order valence-electron chi connectivity index (χ3n) is 3.68. The van der Waals surface area contributed by atoms with Gasteiger partial charge in [0.25, 0.3) is 0 Å². The van der Waals surface area contributed by atoms with E-state index in [-0.39, 0.29) is 5.92 Å². The molecule has 102 valence electrons. The Morgan fingerprint density at radius 1 is 1.10 bits per heavy atom. The van der Waals surface area contributed by atoms with Gasteiger partial charge in [0.15, 0.2) is 5.78 Å². The van der Waals surface area contributed by atoms with Crippen LogP contribution in [0.5, 0.6) is 0 Å². The third-order valence-corrected chi connectivity index (χ3v) is 5.38. The summed E-state index contributed by atoms with van der Waals surface area (Å²) in [5.74, 6) is 1.34. The summed E-state index contributed by atoms with van der Waals surface area (Å²) >= 11 is 5.21. The Balaban J connectivity index is 1.68. The van der Waals surface area contributed by atoms with Crippen LogP contribution in [0.2, 0.25) is 0 Å². The Bertz CT molecular complexity index is 621. The van der Waals surface area contributed by atoms with Crippen LogP contribution in [0.1, 0.15) is 22.3 Å². The lowest BCUT2D eigenvalue weighted by Gasteiger charge is -2.22. The van der Waals surface area contributed by atoms with E-state index in [0.717, 1.165) is 28.6 Å². The molecule has 0 radical (unpaired) electrons. The molecule has 3 heteroatoms. The summed E-state index contributed by atoms with van der Waals surface area (Å²) in [7, 11) is 0. The summed E-state index contributed by atoms with van der Waals surface area (Å²) < 4.78 is 1.09. The fourth-order valence-electron chi connectivity index (χ4n) is 2.55. The Kier molecular flexibility index (Phi) is 4.27. The summed E-state index contributed by atoms with van der Waals surface area (Å²) in [6.07, 6.45) is 1.99. The molecule has 0 spiro atoms. The molecule has 0 saturated heterocycles. The highest BCUT2D eigenvalue weighted by atomic mass is 79.9. The number of Topliss-reactive ketones (excluding diaryl/α,β-unsaturated/α-hetero) is 1. The standard InChI is InChI=1S/C17H15BrOS/c18-14-7-9-15(10-8-14)20-11-13-6-5-12-3-1-2-4-16(12)17(13)19/h1-4,7-10,13H,5-6,11H2/t13-/m0/s1. The van der Waals surface area contributed by atoms with E-state index in [0.29, 0.717) is 5.78 Å². The van der Waals surface area contributed by atoms with Gasteiger partial charge in [-0.2, -0.15) is 0 Å². The normalized spacial score (nSPS) is 17.9. The Hall–Kier alpha value is -1.06. The van der Waals surface area contributed by atoms with E-state index in [2.05, 4.69) is 34.1 Å². The summed E-state index contributed by atoms with van der Waals surface area (Å²) in [5.41, 5.74) is 2.14. The monoisotopic (exact) mass is 346 g/mol. The van der Waals surface area contributed by atoms with Crippen molar-refractivity contribution < 1.29 is 4.79 Å². The van der Waals surface area contributed by atoms with Crippen LogP contribution in [0.4, 0.5) is 0 Å². The zero-order valence-corrected chi connectivity index (χ0v) is 13.4. The Morgan fingerprint density at radius 2 is 1.85 bits per heavy atom. The highest BCUT2D eigenvalue weighted by Gasteiger charge is 2.26. The van der Waals surface area contributed by atoms with Crippen molar-refractivity contribution in [3.8, 4) is 0 Å². The van der Waals surface area contributed by atoms with Gasteiger partial charge in [0.1, 0.15) is 0 Å². The van der Waals surface area contributed by atoms with Gasteiger partial charge in [0.2, 0.25) is 0 Å². The molecule has 2 aromatic rings. The van der Waals surface area contributed by atoms with Crippen LogP contribution in [0.3, 0.4) is 0 Å². The molecule has 3 rings (SSSR count). The van der Waals surface area contributed by atoms with Crippen LogP contribution >= 0.6 is 27.7 Å². The van der Waals surface area contributed by atoms with Crippen molar-refractivity contribution in [2.75, 3.05) is 5.75 Å². The highest BCUT2D eigenvalue weighted by molar-refractivity contribution is 9.10. The van der Waals surface area contributed by atoms with Crippen molar-refractivity contribution in [2.45, 2.75) is 17.7 Å². The number of aryl methyl sites for hydroxylation is 1. The van der Waals surface area contributed by atoms with E-state index in [9.17, 15) is 4.79 Å². The first-order chi connectivity index (χ1) is 9.74. The van der Waals surface area contributed by atoms with E-state index in [4.69, 9.17) is 0 Å². The quantitative estimate of drug-likeness (QED) is 0.728. The molecule has 1 nitrogen and oxygen atoms in total. The molecule has 2 aromatic carbocycles. The molecule has 0 unspecified atom stereocenters. The van der Waals surface area contributed by atoms with Gasteiger partial charge < -0.3 is 0 Å². The van der Waals surface area contributed by atoms with Crippen molar-refractivity contribution in [2.24, 2.45) is 5.92 Å². The van der Waals surface area contributed by atoms with Crippen molar-refractivity contribution in [3.05, 3.63) is 64.1 Å². The van der Waals surface area contributed by atoms with Gasteiger partial charge in [0, 0.05) is 26.6 Å². The molecule has 0 aromatic heterocycles. The molecule has 1 aliphatic rings. The summed E-state index contributed by atoms with van der Waals surface area (Å²) in [4.78, 5) is 13.7. The topological polar surface area (TPSA) is 17.1 Å². The zero-order valence-electron chi connectivity index (χ0n) is 11.0. The zero-order chi connectivity index (χ0) is 13.9. The first-order valence-corrected chi connectivity index (χ1v) is 8.52. The molecule has 0 heterocycles. The van der Waals surface area contributed by atoms with E-state index in [1.165, 1.54) is 10.5 Å². The molecule has 0 bridgehead atoms. The van der Waals surface area contributed by atoms with Crippen LogP contribution < -0.4 is 0 Å². The third kappa shape index (κ3) is 2.99. The summed E-state index contributed by atoms with van der Waals surface area (Å²) in [5, 5.41) is 0. The van der Waals surface area contributed by atoms with Gasteiger partial charge in [-0.25, -0.2) is 0 Å². The number of hydrogen-bond acceptors (Lipinski definition) is 2. The lowest BCUT2D eigenvalue weighted by molar-refractivity contribution is 0.0917. The average molecular weight is 347 g/mol. The van der Waals surface area contributed by atoms with Gasteiger partial charge in [-0.05, 0) is 42.7 Å². The largest absolute Gasteiger partial charge is 0.294 e. The maximum atomic E-state index is 12.5. The number of carbonyl (C=O) groups excluding carboxylic acids is 1. The van der Waals surface area contributed by atoms with E-state index < -0.39 is 0 Å². The minimum Gasteiger partial charge on any atom is -0.294 e. The Morgan fingerprint density at radius 3 is 2.65 bits per heavy atom. The molecule has 20 heavy (non-hydrogen) atoms. The number of benzene rings is 2. The van der Waals surface area contributed by atoms with Gasteiger partial charge in [0.05, 0.1) is 0 Å². The number of fused-ring (bicyclic) bond motifs is 1. The number of hydrogen-bond donors (Lipinski definition) is 0. The number of halogens is 1.